The van der Waals surface area contributed by atoms with Crippen LogP contribution in [0.2, 0.25) is 0 Å². The molecule has 6 aromatic rings. The Kier molecular flexibility index (Phi) is 8.26. The van der Waals surface area contributed by atoms with Crippen molar-refractivity contribution in [3.8, 4) is 45.8 Å². The fourth-order valence-electron chi connectivity index (χ4n) is 6.61. The minimum atomic E-state index is -5.19. The lowest BCUT2D eigenvalue weighted by atomic mass is 9.94. The second kappa shape index (κ2) is 12.3. The van der Waals surface area contributed by atoms with E-state index in [0.29, 0.717) is 24.3 Å². The zero-order chi connectivity index (χ0) is 40.0. The van der Waals surface area contributed by atoms with Crippen molar-refractivity contribution >= 4 is 27.8 Å². The van der Waals surface area contributed by atoms with Crippen LogP contribution in [-0.4, -0.2) is 20.2 Å². The number of aromatic nitrogens is 3. The van der Waals surface area contributed by atoms with Gasteiger partial charge in [-0.25, -0.2) is 9.97 Å². The first-order valence-corrected chi connectivity index (χ1v) is 15.6. The fraction of sp³-hybridized carbons (Fsp3) is 0.162. The van der Waals surface area contributed by atoms with Crippen LogP contribution in [0.1, 0.15) is 46.5 Å². The predicted octanol–water partition coefficient (Wildman–Crippen LogP) is 11.4. The average molecular weight is 773 g/mol. The number of nitriles is 2. The number of aliphatic imine (C=N–C) groups is 1. The molecule has 0 fully saturated rings. The van der Waals surface area contributed by atoms with E-state index in [1.54, 1.807) is 6.19 Å². The molecule has 0 amide bonds. The van der Waals surface area contributed by atoms with Crippen molar-refractivity contribution < 1.29 is 52.7 Å². The Hall–Kier alpha value is -6.43. The Labute approximate surface area is 300 Å². The van der Waals surface area contributed by atoms with Crippen LogP contribution in [0.15, 0.2) is 77.8 Å². The number of nitrogens with zero attached hydrogens (tertiary/aromatic N) is 6. The van der Waals surface area contributed by atoms with Crippen molar-refractivity contribution in [3.05, 3.63) is 106 Å². The number of halogens is 12. The molecule has 18 heteroatoms. The minimum Gasteiger partial charge on any atom is -0.308 e. The van der Waals surface area contributed by atoms with E-state index in [0.717, 1.165) is 0 Å². The molecule has 0 radical (unpaired) electrons. The number of benzene rings is 4. The number of hydrogen-bond donors (Lipinski definition) is 0. The number of fused-ring (bicyclic) bond motifs is 6. The second-order valence-corrected chi connectivity index (χ2v) is 12.3. The van der Waals surface area contributed by atoms with Crippen molar-refractivity contribution in [2.75, 3.05) is 0 Å². The van der Waals surface area contributed by atoms with E-state index in [4.69, 9.17) is 0 Å². The molecular formula is C37H16F12N6. The standard InChI is InChI=1S/C37H16F12N6/c1-16(14-50)55-28-11-18(22-9-5-20(35(41,42)43)13-27(22)37(47,48)49)3-7-24(28)31-33(55)54-30-23-6-2-17(10-25(23)29(52-15-51)32(30)53-31)21-8-4-19(34(38,39)40)12-26(21)36(44,45)46/h2-13,16H,1H3. The zero-order valence-corrected chi connectivity index (χ0v) is 27.2. The normalized spacial score (nSPS) is 14.6. The van der Waals surface area contributed by atoms with Gasteiger partial charge in [0, 0.05) is 16.5 Å². The molecule has 0 saturated carbocycles. The van der Waals surface area contributed by atoms with E-state index in [1.165, 1.54) is 47.9 Å². The molecule has 0 bridgehead atoms. The summed E-state index contributed by atoms with van der Waals surface area (Å²) in [7, 11) is 0. The van der Waals surface area contributed by atoms with Gasteiger partial charge in [0.05, 0.1) is 33.8 Å². The Morgan fingerprint density at radius 1 is 0.600 bits per heavy atom. The summed E-state index contributed by atoms with van der Waals surface area (Å²) in [6.45, 7) is 1.44. The highest BCUT2D eigenvalue weighted by Gasteiger charge is 2.40. The number of alkyl halides is 12. The lowest BCUT2D eigenvalue weighted by molar-refractivity contribution is -0.144. The van der Waals surface area contributed by atoms with Crippen LogP contribution >= 0.6 is 0 Å². The third-order valence-corrected chi connectivity index (χ3v) is 9.03. The smallest absolute Gasteiger partial charge is 0.308 e. The van der Waals surface area contributed by atoms with Crippen molar-refractivity contribution in [2.24, 2.45) is 4.99 Å². The van der Waals surface area contributed by atoms with Crippen molar-refractivity contribution in [1.29, 1.82) is 10.5 Å². The van der Waals surface area contributed by atoms with Gasteiger partial charge in [0.2, 0.25) is 6.19 Å². The van der Waals surface area contributed by atoms with E-state index in [9.17, 15) is 63.2 Å². The third kappa shape index (κ3) is 6.17. The van der Waals surface area contributed by atoms with E-state index < -0.39 is 64.1 Å². The molecule has 55 heavy (non-hydrogen) atoms. The van der Waals surface area contributed by atoms with Gasteiger partial charge < -0.3 is 4.57 Å². The third-order valence-electron chi connectivity index (χ3n) is 9.03. The maximum atomic E-state index is 14.1. The quantitative estimate of drug-likeness (QED) is 0.132. The van der Waals surface area contributed by atoms with E-state index in [2.05, 4.69) is 15.0 Å². The Bertz CT molecular complexity index is 2700. The molecule has 1 aliphatic carbocycles. The van der Waals surface area contributed by atoms with Gasteiger partial charge in [-0.3, -0.25) is 0 Å². The Balaban J connectivity index is 1.44. The molecule has 4 aromatic carbocycles. The zero-order valence-electron chi connectivity index (χ0n) is 27.2. The second-order valence-electron chi connectivity index (χ2n) is 12.3. The summed E-state index contributed by atoms with van der Waals surface area (Å²) in [6.07, 6.45) is -18.9. The Morgan fingerprint density at radius 2 is 1.13 bits per heavy atom. The highest BCUT2D eigenvalue weighted by atomic mass is 19.4. The van der Waals surface area contributed by atoms with Gasteiger partial charge in [0.25, 0.3) is 0 Å². The van der Waals surface area contributed by atoms with Crippen LogP contribution in [0.4, 0.5) is 52.7 Å². The molecule has 0 aliphatic heterocycles. The highest BCUT2D eigenvalue weighted by Crippen LogP contribution is 2.46. The average Bonchev–Trinajstić information content (AvgIpc) is 3.59. The molecule has 2 aromatic heterocycles. The van der Waals surface area contributed by atoms with E-state index in [1.807, 2.05) is 6.07 Å². The monoisotopic (exact) mass is 772 g/mol. The van der Waals surface area contributed by atoms with Gasteiger partial charge in [-0.1, -0.05) is 30.3 Å². The summed E-state index contributed by atoms with van der Waals surface area (Å²) < 4.78 is 166. The molecule has 7 rings (SSSR count). The van der Waals surface area contributed by atoms with Gasteiger partial charge in [-0.2, -0.15) is 68.2 Å². The van der Waals surface area contributed by atoms with Crippen LogP contribution in [0.5, 0.6) is 0 Å². The van der Waals surface area contributed by atoms with Gasteiger partial charge in [0.15, 0.2) is 5.65 Å². The first-order chi connectivity index (χ1) is 25.6. The fourth-order valence-corrected chi connectivity index (χ4v) is 6.61. The first-order valence-electron chi connectivity index (χ1n) is 15.6. The highest BCUT2D eigenvalue weighted by molar-refractivity contribution is 6.24. The van der Waals surface area contributed by atoms with Crippen molar-refractivity contribution in [2.45, 2.75) is 37.7 Å². The van der Waals surface area contributed by atoms with Crippen LogP contribution in [0.3, 0.4) is 0 Å². The number of hydrogen-bond acceptors (Lipinski definition) is 5. The van der Waals surface area contributed by atoms with Crippen LogP contribution in [0.25, 0.3) is 55.6 Å². The van der Waals surface area contributed by atoms with Gasteiger partial charge in [-0.15, -0.1) is 0 Å². The summed E-state index contributed by atoms with van der Waals surface area (Å²) in [6, 6.07) is 10.8. The molecule has 0 saturated heterocycles. The molecule has 6 nitrogen and oxygen atoms in total. The van der Waals surface area contributed by atoms with Crippen molar-refractivity contribution in [1.82, 2.24) is 14.5 Å². The molecule has 1 unspecified atom stereocenters. The maximum absolute atomic E-state index is 14.1. The number of rotatable bonds is 3. The van der Waals surface area contributed by atoms with Crippen LogP contribution in [-0.2, 0) is 24.7 Å². The topological polar surface area (TPSA) is 90.7 Å². The van der Waals surface area contributed by atoms with E-state index >= 15 is 0 Å². The molecule has 1 aliphatic rings. The summed E-state index contributed by atoms with van der Waals surface area (Å²) in [4.78, 5) is 13.1. The lowest BCUT2D eigenvalue weighted by Gasteiger charge is -2.17. The van der Waals surface area contributed by atoms with Gasteiger partial charge in [-0.05, 0) is 71.6 Å². The van der Waals surface area contributed by atoms with Gasteiger partial charge >= 0.3 is 24.7 Å². The summed E-state index contributed by atoms with van der Waals surface area (Å²) in [5.74, 6) is 0. The summed E-state index contributed by atoms with van der Waals surface area (Å²) in [5.41, 5.74) is -7.36. The Morgan fingerprint density at radius 3 is 1.64 bits per heavy atom. The van der Waals surface area contributed by atoms with Crippen LogP contribution < -0.4 is 0 Å². The first kappa shape index (κ1) is 36.9. The molecule has 0 N–H and O–H groups in total. The maximum Gasteiger partial charge on any atom is 0.417 e. The summed E-state index contributed by atoms with van der Waals surface area (Å²) in [5, 5.41) is 19.7. The largest absolute Gasteiger partial charge is 0.417 e. The minimum absolute atomic E-state index is 0.00104. The molecular weight excluding hydrogens is 756 g/mol. The predicted molar refractivity (Wildman–Crippen MR) is 173 cm³/mol. The van der Waals surface area contributed by atoms with Gasteiger partial charge in [0.1, 0.15) is 28.7 Å². The molecule has 2 heterocycles. The molecule has 0 spiro atoms. The molecule has 278 valence electrons. The lowest BCUT2D eigenvalue weighted by Crippen LogP contribution is -2.12. The SMILES string of the molecule is CC(C#N)n1c2cc(-c3ccc(C(F)(F)F)cc3C(F)(F)F)ccc2c2nc3c(nc21)-c1ccc(-c2ccc(C(F)(F)F)cc2C(F)(F)F)cc1C3=NC#N. The van der Waals surface area contributed by atoms with Crippen molar-refractivity contribution in [3.63, 3.8) is 0 Å². The van der Waals surface area contributed by atoms with Crippen LogP contribution in [0, 0.1) is 22.8 Å². The summed E-state index contributed by atoms with van der Waals surface area (Å²) >= 11 is 0. The molecule has 1 atom stereocenters. The van der Waals surface area contributed by atoms with E-state index in [-0.39, 0.29) is 73.6 Å².